The lowest BCUT2D eigenvalue weighted by atomic mass is 10.1. The van der Waals surface area contributed by atoms with Crippen LogP contribution in [0.1, 0.15) is 31.8 Å². The molecule has 2 heterocycles. The van der Waals surface area contributed by atoms with Crippen LogP contribution in [0.25, 0.3) is 0 Å². The number of hydrogen-bond donors (Lipinski definition) is 1. The lowest BCUT2D eigenvalue weighted by Crippen LogP contribution is -2.41. The number of nitrogens with one attached hydrogen (secondary N) is 1. The summed E-state index contributed by atoms with van der Waals surface area (Å²) in [6.07, 6.45) is 0. The first-order valence-corrected chi connectivity index (χ1v) is 12.7. The first-order chi connectivity index (χ1) is 17.4. The van der Waals surface area contributed by atoms with Gasteiger partial charge in [-0.25, -0.2) is 0 Å². The van der Waals surface area contributed by atoms with Crippen molar-refractivity contribution in [1.29, 1.82) is 0 Å². The number of carbonyl (C=O) groups is 3. The van der Waals surface area contributed by atoms with Crippen LogP contribution in [0.15, 0.2) is 70.5 Å². The average Bonchev–Trinajstić information content (AvgIpc) is 3.01. The van der Waals surface area contributed by atoms with Gasteiger partial charge in [0.2, 0.25) is 5.91 Å². The minimum absolute atomic E-state index is 0.111. The molecule has 3 aromatic carbocycles. The zero-order valence-corrected chi connectivity index (χ0v) is 21.1. The number of anilines is 2. The van der Waals surface area contributed by atoms with E-state index in [0.717, 1.165) is 20.9 Å². The molecule has 0 aromatic heterocycles. The first-order valence-electron chi connectivity index (χ1n) is 11.9. The van der Waals surface area contributed by atoms with Gasteiger partial charge in [0.15, 0.2) is 0 Å². The second-order valence-electron chi connectivity index (χ2n) is 8.87. The number of nitrogens with zero attached hydrogens (tertiary/aromatic N) is 2. The zero-order valence-electron chi connectivity index (χ0n) is 20.2. The molecule has 36 heavy (non-hydrogen) atoms. The summed E-state index contributed by atoms with van der Waals surface area (Å²) < 4.78 is 5.37. The lowest BCUT2D eigenvalue weighted by molar-refractivity contribution is -0.114. The Morgan fingerprint density at radius 2 is 1.75 bits per heavy atom. The monoisotopic (exact) mass is 501 g/mol. The van der Waals surface area contributed by atoms with Gasteiger partial charge in [0.05, 0.1) is 24.5 Å². The molecule has 3 aromatic rings. The van der Waals surface area contributed by atoms with Crippen LogP contribution >= 0.6 is 11.8 Å². The lowest BCUT2D eigenvalue weighted by Gasteiger charge is -2.28. The third kappa shape index (κ3) is 4.74. The molecule has 0 aliphatic carbocycles. The van der Waals surface area contributed by atoms with Crippen LogP contribution in [0.4, 0.5) is 11.4 Å². The van der Waals surface area contributed by atoms with Gasteiger partial charge in [0.1, 0.15) is 6.54 Å². The Morgan fingerprint density at radius 1 is 0.972 bits per heavy atom. The molecule has 1 saturated heterocycles. The van der Waals surface area contributed by atoms with E-state index in [1.54, 1.807) is 23.1 Å². The highest BCUT2D eigenvalue weighted by Crippen LogP contribution is 2.42. The molecule has 0 bridgehead atoms. The van der Waals surface area contributed by atoms with E-state index in [1.807, 2.05) is 56.3 Å². The normalized spacial score (nSPS) is 15.1. The van der Waals surface area contributed by atoms with Crippen molar-refractivity contribution in [2.24, 2.45) is 0 Å². The third-order valence-electron chi connectivity index (χ3n) is 6.56. The summed E-state index contributed by atoms with van der Waals surface area (Å²) in [5.74, 6) is -0.693. The van der Waals surface area contributed by atoms with Crippen molar-refractivity contribution in [3.63, 3.8) is 0 Å². The quantitative estimate of drug-likeness (QED) is 0.569. The van der Waals surface area contributed by atoms with Gasteiger partial charge in [-0.1, -0.05) is 36.0 Å². The van der Waals surface area contributed by atoms with Gasteiger partial charge in [-0.15, -0.1) is 0 Å². The fourth-order valence-electron chi connectivity index (χ4n) is 4.38. The Labute approximate surface area is 214 Å². The van der Waals surface area contributed by atoms with Crippen LogP contribution in [0.3, 0.4) is 0 Å². The Morgan fingerprint density at radius 3 is 2.56 bits per heavy atom. The first kappa shape index (κ1) is 24.1. The third-order valence-corrected chi connectivity index (χ3v) is 7.70. The molecular formula is C28H27N3O4S. The van der Waals surface area contributed by atoms with Crippen LogP contribution in [-0.4, -0.2) is 55.5 Å². The second kappa shape index (κ2) is 10.2. The number of morpholine rings is 1. The molecule has 0 atom stereocenters. The fraction of sp³-hybridized carbons (Fsp3) is 0.250. The van der Waals surface area contributed by atoms with E-state index < -0.39 is 0 Å². The Kier molecular flexibility index (Phi) is 6.80. The number of ether oxygens (including phenoxy) is 1. The van der Waals surface area contributed by atoms with Crippen molar-refractivity contribution in [1.82, 2.24) is 4.90 Å². The van der Waals surface area contributed by atoms with E-state index in [1.165, 1.54) is 16.7 Å². The van der Waals surface area contributed by atoms with Gasteiger partial charge in [-0.3, -0.25) is 19.3 Å². The summed E-state index contributed by atoms with van der Waals surface area (Å²) in [5, 5.41) is 2.95. The van der Waals surface area contributed by atoms with Gasteiger partial charge in [-0.05, 0) is 61.4 Å². The topological polar surface area (TPSA) is 79.0 Å². The van der Waals surface area contributed by atoms with Crippen molar-refractivity contribution >= 4 is 40.9 Å². The highest BCUT2D eigenvalue weighted by atomic mass is 32.2. The minimum Gasteiger partial charge on any atom is -0.378 e. The summed E-state index contributed by atoms with van der Waals surface area (Å²) in [5.41, 5.74) is 4.33. The number of fused-ring (bicyclic) bond motifs is 2. The average molecular weight is 502 g/mol. The van der Waals surface area contributed by atoms with Crippen LogP contribution in [0, 0.1) is 13.8 Å². The van der Waals surface area contributed by atoms with E-state index in [0.29, 0.717) is 48.8 Å². The Hall–Kier alpha value is -3.62. The van der Waals surface area contributed by atoms with Crippen LogP contribution < -0.4 is 10.2 Å². The predicted octanol–water partition coefficient (Wildman–Crippen LogP) is 4.53. The summed E-state index contributed by atoms with van der Waals surface area (Å²) in [6, 6.07) is 18.5. The maximum Gasteiger partial charge on any atom is 0.259 e. The molecule has 1 fully saturated rings. The maximum absolute atomic E-state index is 13.7. The number of hydrogen-bond acceptors (Lipinski definition) is 5. The van der Waals surface area contributed by atoms with Crippen LogP contribution in [0.5, 0.6) is 0 Å². The molecule has 5 rings (SSSR count). The maximum atomic E-state index is 13.7. The van der Waals surface area contributed by atoms with Crippen molar-refractivity contribution < 1.29 is 19.1 Å². The highest BCUT2D eigenvalue weighted by Gasteiger charge is 2.30. The molecule has 0 spiro atoms. The van der Waals surface area contributed by atoms with Crippen molar-refractivity contribution in [3.05, 3.63) is 82.9 Å². The van der Waals surface area contributed by atoms with Gasteiger partial charge >= 0.3 is 0 Å². The largest absolute Gasteiger partial charge is 0.378 e. The van der Waals surface area contributed by atoms with Crippen molar-refractivity contribution in [2.45, 2.75) is 23.6 Å². The van der Waals surface area contributed by atoms with E-state index in [4.69, 9.17) is 4.74 Å². The number of carbonyl (C=O) groups excluding carboxylic acids is 3. The molecule has 2 aliphatic rings. The Balaban J connectivity index is 1.50. The van der Waals surface area contributed by atoms with E-state index in [9.17, 15) is 14.4 Å². The highest BCUT2D eigenvalue weighted by molar-refractivity contribution is 7.99. The molecule has 0 radical (unpaired) electrons. The van der Waals surface area contributed by atoms with Crippen molar-refractivity contribution in [3.8, 4) is 0 Å². The summed E-state index contributed by atoms with van der Waals surface area (Å²) in [4.78, 5) is 44.9. The van der Waals surface area contributed by atoms with Crippen LogP contribution in [-0.2, 0) is 9.53 Å². The molecule has 0 unspecified atom stereocenters. The summed E-state index contributed by atoms with van der Waals surface area (Å²) in [6.45, 7) is 5.82. The smallest absolute Gasteiger partial charge is 0.259 e. The second-order valence-corrected chi connectivity index (χ2v) is 9.96. The number of amides is 3. The molecule has 3 amide bonds. The van der Waals surface area contributed by atoms with Gasteiger partial charge in [-0.2, -0.15) is 0 Å². The number of rotatable bonds is 4. The van der Waals surface area contributed by atoms with E-state index in [2.05, 4.69) is 5.32 Å². The number of aryl methyl sites for hydroxylation is 1. The predicted molar refractivity (Wildman–Crippen MR) is 140 cm³/mol. The van der Waals surface area contributed by atoms with Gasteiger partial charge in [0, 0.05) is 34.1 Å². The molecular weight excluding hydrogens is 474 g/mol. The standard InChI is InChI=1S/C28H27N3O4S/c1-18-6-5-8-22(19(18)2)29-26(32)17-31-23-16-20(27(33)30-12-14-35-15-13-30)10-11-25(23)36-24-9-4-3-7-21(24)28(31)34/h3-11,16H,12-15,17H2,1-2H3,(H,29,32). The Bertz CT molecular complexity index is 1350. The molecule has 2 aliphatic heterocycles. The zero-order chi connectivity index (χ0) is 25.2. The molecule has 0 saturated carbocycles. The molecule has 184 valence electrons. The fourth-order valence-corrected chi connectivity index (χ4v) is 5.44. The van der Waals surface area contributed by atoms with Gasteiger partial charge < -0.3 is 15.0 Å². The summed E-state index contributed by atoms with van der Waals surface area (Å²) in [7, 11) is 0. The molecule has 1 N–H and O–H groups in total. The van der Waals surface area contributed by atoms with Crippen LogP contribution in [0.2, 0.25) is 0 Å². The molecule has 8 heteroatoms. The van der Waals surface area contributed by atoms with Crippen molar-refractivity contribution in [2.75, 3.05) is 43.1 Å². The van der Waals surface area contributed by atoms with Gasteiger partial charge in [0.25, 0.3) is 11.8 Å². The van der Waals surface area contributed by atoms with E-state index >= 15 is 0 Å². The number of benzene rings is 3. The van der Waals surface area contributed by atoms with E-state index in [-0.39, 0.29) is 24.3 Å². The minimum atomic E-state index is -0.308. The SMILES string of the molecule is Cc1cccc(NC(=O)CN2C(=O)c3ccccc3Sc3ccc(C(=O)N4CCOCC4)cc32)c1C. The summed E-state index contributed by atoms with van der Waals surface area (Å²) >= 11 is 1.46. The molecule has 7 nitrogen and oxygen atoms in total.